The van der Waals surface area contributed by atoms with Gasteiger partial charge in [-0.05, 0) is 81.3 Å². The van der Waals surface area contributed by atoms with Gasteiger partial charge in [-0.3, -0.25) is 24.7 Å². The molecule has 4 N–H and O–H groups in total. The van der Waals surface area contributed by atoms with Gasteiger partial charge in [0.15, 0.2) is 6.61 Å². The molecule has 0 radical (unpaired) electrons. The van der Waals surface area contributed by atoms with E-state index in [0.29, 0.717) is 42.3 Å². The van der Waals surface area contributed by atoms with Gasteiger partial charge in [-0.25, -0.2) is 9.78 Å². The number of hydrogen-bond acceptors (Lipinski definition) is 9. The molecule has 2 aliphatic heterocycles. The minimum absolute atomic E-state index is 0.164. The van der Waals surface area contributed by atoms with Crippen LogP contribution in [0.5, 0.6) is 0 Å². The first kappa shape index (κ1) is 34.1. The van der Waals surface area contributed by atoms with Crippen molar-refractivity contribution >= 4 is 46.7 Å². The normalized spacial score (nSPS) is 15.9. The van der Waals surface area contributed by atoms with Crippen LogP contribution in [0, 0.1) is 0 Å². The molecule has 4 aromatic rings. The van der Waals surface area contributed by atoms with Crippen molar-refractivity contribution in [1.82, 2.24) is 25.5 Å². The van der Waals surface area contributed by atoms with E-state index in [1.165, 1.54) is 0 Å². The summed E-state index contributed by atoms with van der Waals surface area (Å²) in [6.45, 7) is 6.79. The van der Waals surface area contributed by atoms with Gasteiger partial charge in [-0.2, -0.15) is 0 Å². The van der Waals surface area contributed by atoms with E-state index < -0.39 is 30.3 Å². The molecule has 1 atom stereocenters. The maximum absolute atomic E-state index is 13.7. The van der Waals surface area contributed by atoms with E-state index in [-0.39, 0.29) is 11.8 Å². The summed E-state index contributed by atoms with van der Waals surface area (Å²) in [6, 6.07) is 20.4. The second-order valence-corrected chi connectivity index (χ2v) is 13.2. The predicted molar refractivity (Wildman–Crippen MR) is 190 cm³/mol. The third-order valence-corrected chi connectivity index (χ3v) is 8.16. The van der Waals surface area contributed by atoms with E-state index in [0.717, 1.165) is 35.3 Å². The summed E-state index contributed by atoms with van der Waals surface area (Å²) < 4.78 is 5.00. The maximum Gasteiger partial charge on any atom is 0.408 e. The van der Waals surface area contributed by atoms with Crippen molar-refractivity contribution < 1.29 is 23.9 Å². The number of alkyl carbamates (subject to hydrolysis) is 1. The average Bonchev–Trinajstić information content (AvgIpc) is 3.77. The number of carbonyl (C=O) groups excluding carboxylic acids is 4. The fourth-order valence-corrected chi connectivity index (χ4v) is 5.86. The molecule has 13 nitrogen and oxygen atoms in total. The molecule has 2 aromatic heterocycles. The SMILES string of the molecule is CC(C)(C)NC(=O)OCC(=O)Nc1cccc(C(=O)N2CCNC2c2cncc(Nc3ccc(-c4ccc(N5CCCC5=O)cc4)cn3)c2)c1. The lowest BCUT2D eigenvalue weighted by Crippen LogP contribution is -2.41. The Hall–Kier alpha value is -5.82. The van der Waals surface area contributed by atoms with E-state index in [1.807, 2.05) is 68.1 Å². The molecule has 2 fully saturated rings. The molecule has 50 heavy (non-hydrogen) atoms. The summed E-state index contributed by atoms with van der Waals surface area (Å²) in [6.07, 6.45) is 5.59. The van der Waals surface area contributed by atoms with E-state index in [2.05, 4.69) is 31.2 Å². The largest absolute Gasteiger partial charge is 0.439 e. The monoisotopic (exact) mass is 676 g/mol. The molecule has 6 rings (SSSR count). The molecule has 0 aliphatic carbocycles. The van der Waals surface area contributed by atoms with Crippen LogP contribution in [0.3, 0.4) is 0 Å². The lowest BCUT2D eigenvalue weighted by atomic mass is 10.1. The lowest BCUT2D eigenvalue weighted by Gasteiger charge is -2.25. The Morgan fingerprint density at radius 2 is 1.74 bits per heavy atom. The highest BCUT2D eigenvalue weighted by Gasteiger charge is 2.31. The van der Waals surface area contributed by atoms with E-state index in [9.17, 15) is 19.2 Å². The smallest absolute Gasteiger partial charge is 0.408 e. The van der Waals surface area contributed by atoms with Crippen molar-refractivity contribution in [3.8, 4) is 11.1 Å². The van der Waals surface area contributed by atoms with Crippen LogP contribution >= 0.6 is 0 Å². The van der Waals surface area contributed by atoms with Crippen LogP contribution in [0.1, 0.15) is 55.7 Å². The Morgan fingerprint density at radius 3 is 2.46 bits per heavy atom. The van der Waals surface area contributed by atoms with Crippen molar-refractivity contribution in [2.24, 2.45) is 0 Å². The molecule has 1 unspecified atom stereocenters. The van der Waals surface area contributed by atoms with Crippen LogP contribution in [0.15, 0.2) is 85.3 Å². The minimum atomic E-state index is -0.692. The molecular weight excluding hydrogens is 636 g/mol. The Bertz CT molecular complexity index is 1870. The zero-order chi connectivity index (χ0) is 35.3. The van der Waals surface area contributed by atoms with Gasteiger partial charge >= 0.3 is 6.09 Å². The zero-order valence-electron chi connectivity index (χ0n) is 28.2. The molecule has 4 heterocycles. The van der Waals surface area contributed by atoms with Gasteiger partial charge in [0.2, 0.25) is 5.91 Å². The molecule has 2 saturated heterocycles. The number of rotatable bonds is 9. The number of ether oxygens (including phenoxy) is 1. The van der Waals surface area contributed by atoms with E-state index in [1.54, 1.807) is 47.8 Å². The summed E-state index contributed by atoms with van der Waals surface area (Å²) in [5.41, 5.74) is 4.69. The number of carbonyl (C=O) groups is 4. The molecule has 258 valence electrons. The summed E-state index contributed by atoms with van der Waals surface area (Å²) in [5, 5.41) is 12.0. The minimum Gasteiger partial charge on any atom is -0.439 e. The molecule has 4 amide bonds. The quantitative estimate of drug-likeness (QED) is 0.187. The molecular formula is C37H40N8O5. The van der Waals surface area contributed by atoms with Gasteiger partial charge in [0.25, 0.3) is 11.8 Å². The van der Waals surface area contributed by atoms with Crippen LogP contribution < -0.4 is 26.2 Å². The van der Waals surface area contributed by atoms with Crippen molar-refractivity contribution in [2.45, 2.75) is 45.3 Å². The summed E-state index contributed by atoms with van der Waals surface area (Å²) in [4.78, 5) is 62.6. The molecule has 0 saturated carbocycles. The second kappa shape index (κ2) is 14.7. The van der Waals surface area contributed by atoms with Crippen LogP contribution in [-0.2, 0) is 14.3 Å². The molecule has 0 bridgehead atoms. The number of anilines is 4. The van der Waals surface area contributed by atoms with Crippen LogP contribution in [0.2, 0.25) is 0 Å². The first-order chi connectivity index (χ1) is 24.0. The van der Waals surface area contributed by atoms with Crippen molar-refractivity contribution in [2.75, 3.05) is 41.8 Å². The Morgan fingerprint density at radius 1 is 0.940 bits per heavy atom. The van der Waals surface area contributed by atoms with Crippen LogP contribution in [-0.4, -0.2) is 70.5 Å². The molecule has 2 aliphatic rings. The molecule has 2 aromatic carbocycles. The van der Waals surface area contributed by atoms with Crippen molar-refractivity contribution in [3.63, 3.8) is 0 Å². The Labute approximate surface area is 290 Å². The number of nitrogens with one attached hydrogen (secondary N) is 4. The number of nitrogens with zero attached hydrogens (tertiary/aromatic N) is 4. The predicted octanol–water partition coefficient (Wildman–Crippen LogP) is 5.22. The van der Waals surface area contributed by atoms with Gasteiger partial charge in [0, 0.05) is 72.1 Å². The van der Waals surface area contributed by atoms with Gasteiger partial charge < -0.3 is 30.5 Å². The van der Waals surface area contributed by atoms with E-state index >= 15 is 0 Å². The van der Waals surface area contributed by atoms with Gasteiger partial charge in [-0.1, -0.05) is 18.2 Å². The Kier molecular flexibility index (Phi) is 10.0. The zero-order valence-corrected chi connectivity index (χ0v) is 28.2. The van der Waals surface area contributed by atoms with Crippen LogP contribution in [0.4, 0.5) is 27.7 Å². The fraction of sp³-hybridized carbons (Fsp3) is 0.297. The number of pyridine rings is 2. The topological polar surface area (TPSA) is 158 Å². The summed E-state index contributed by atoms with van der Waals surface area (Å²) in [5.74, 6) is 0.0621. The highest BCUT2D eigenvalue weighted by molar-refractivity contribution is 5.98. The Balaban J connectivity index is 1.07. The third kappa shape index (κ3) is 8.42. The van der Waals surface area contributed by atoms with Crippen molar-refractivity contribution in [1.29, 1.82) is 0 Å². The standard InChI is InChI=1S/C37H40N8O5/c1-37(2,3)43-36(49)50-23-32(46)42-28-7-4-6-25(18-28)35(48)45-17-15-39-34(45)27-19-29(22-38-20-27)41-31-14-11-26(21-40-31)24-9-12-30(13-10-24)44-16-5-8-33(44)47/h4,6-7,9-14,18-22,34,39H,5,8,15-17,23H2,1-3H3,(H,40,41)(H,42,46)(H,43,49). The van der Waals surface area contributed by atoms with Gasteiger partial charge in [-0.15, -0.1) is 0 Å². The van der Waals surface area contributed by atoms with Gasteiger partial charge in [0.05, 0.1) is 11.9 Å². The number of amides is 4. The fourth-order valence-electron chi connectivity index (χ4n) is 5.86. The number of hydrogen-bond donors (Lipinski definition) is 4. The van der Waals surface area contributed by atoms with Gasteiger partial charge in [0.1, 0.15) is 12.0 Å². The summed E-state index contributed by atoms with van der Waals surface area (Å²) >= 11 is 0. The first-order valence-electron chi connectivity index (χ1n) is 16.5. The average molecular weight is 677 g/mol. The lowest BCUT2D eigenvalue weighted by molar-refractivity contribution is -0.119. The maximum atomic E-state index is 13.7. The number of benzene rings is 2. The number of aromatic nitrogens is 2. The van der Waals surface area contributed by atoms with E-state index in [4.69, 9.17) is 4.74 Å². The highest BCUT2D eigenvalue weighted by Crippen LogP contribution is 2.29. The second-order valence-electron chi connectivity index (χ2n) is 13.2. The van der Waals surface area contributed by atoms with Crippen LogP contribution in [0.25, 0.3) is 11.1 Å². The summed E-state index contributed by atoms with van der Waals surface area (Å²) in [7, 11) is 0. The first-order valence-corrected chi connectivity index (χ1v) is 16.5. The molecule has 0 spiro atoms. The molecule has 13 heteroatoms. The third-order valence-electron chi connectivity index (χ3n) is 8.16. The highest BCUT2D eigenvalue weighted by atomic mass is 16.6. The van der Waals surface area contributed by atoms with Crippen molar-refractivity contribution in [3.05, 3.63) is 96.4 Å².